The normalized spacial score (nSPS) is 20.9. The van der Waals surface area contributed by atoms with Gasteiger partial charge >= 0.3 is 12.1 Å². The molecule has 1 fully saturated rings. The van der Waals surface area contributed by atoms with Crippen molar-refractivity contribution in [1.82, 2.24) is 0 Å². The number of carbonyl (C=O) groups is 2. The van der Waals surface area contributed by atoms with Crippen molar-refractivity contribution >= 4 is 29.3 Å². The van der Waals surface area contributed by atoms with Gasteiger partial charge < -0.3 is 10.4 Å². The molecule has 0 aromatic heterocycles. The minimum atomic E-state index is -4.36. The van der Waals surface area contributed by atoms with Gasteiger partial charge in [-0.05, 0) is 30.5 Å². The molecule has 1 aromatic carbocycles. The Morgan fingerprint density at radius 1 is 1.24 bits per heavy atom. The van der Waals surface area contributed by atoms with E-state index >= 15 is 0 Å². The lowest BCUT2D eigenvalue weighted by Gasteiger charge is -2.32. The Morgan fingerprint density at radius 2 is 1.96 bits per heavy atom. The second-order valence-corrected chi connectivity index (χ2v) is 7.10. The average Bonchev–Trinajstić information content (AvgIpc) is 2.54. The molecule has 1 amide bonds. The highest BCUT2D eigenvalue weighted by atomic mass is 32.2. The minimum absolute atomic E-state index is 0.00649. The second-order valence-electron chi connectivity index (χ2n) is 6.12. The summed E-state index contributed by atoms with van der Waals surface area (Å²) >= 11 is 1.21. The van der Waals surface area contributed by atoms with Crippen LogP contribution in [0.15, 0.2) is 24.3 Å². The van der Waals surface area contributed by atoms with Gasteiger partial charge in [0.25, 0.3) is 0 Å². The monoisotopic (exact) mass is 375 g/mol. The molecule has 2 unspecified atom stereocenters. The molecule has 1 aromatic rings. The number of amides is 1. The van der Waals surface area contributed by atoms with Crippen LogP contribution in [-0.2, 0) is 15.3 Å². The molecule has 0 aliphatic heterocycles. The number of carbonyl (C=O) groups excluding carboxylic acids is 1. The van der Waals surface area contributed by atoms with E-state index in [1.165, 1.54) is 11.8 Å². The molecule has 2 rings (SSSR count). The Balaban J connectivity index is 2.00. The predicted molar refractivity (Wildman–Crippen MR) is 90.4 cm³/mol. The number of benzene rings is 1. The second kappa shape index (κ2) is 8.60. The molecular weight excluding hydrogens is 355 g/mol. The largest absolute Gasteiger partial charge is 0.481 e. The van der Waals surface area contributed by atoms with Crippen LogP contribution in [0.1, 0.15) is 31.2 Å². The smallest absolute Gasteiger partial charge is 0.392 e. The van der Waals surface area contributed by atoms with Gasteiger partial charge in [-0.2, -0.15) is 13.2 Å². The predicted octanol–water partition coefficient (Wildman–Crippen LogP) is 4.31. The first-order valence-corrected chi connectivity index (χ1v) is 9.19. The van der Waals surface area contributed by atoms with Crippen molar-refractivity contribution in [3.05, 3.63) is 29.8 Å². The third-order valence-corrected chi connectivity index (χ3v) is 5.20. The molecule has 4 nitrogen and oxygen atoms in total. The van der Waals surface area contributed by atoms with E-state index in [0.717, 1.165) is 5.56 Å². The van der Waals surface area contributed by atoms with E-state index < -0.39 is 29.9 Å². The summed E-state index contributed by atoms with van der Waals surface area (Å²) in [5, 5.41) is 11.2. The van der Waals surface area contributed by atoms with Crippen LogP contribution in [0, 0.1) is 11.8 Å². The number of nitrogens with one attached hydrogen (secondary N) is 1. The zero-order valence-corrected chi connectivity index (χ0v) is 14.3. The van der Waals surface area contributed by atoms with Crippen LogP contribution in [0.2, 0.25) is 0 Å². The molecule has 0 bridgehead atoms. The zero-order valence-electron chi connectivity index (χ0n) is 13.5. The van der Waals surface area contributed by atoms with Crippen LogP contribution in [0.5, 0.6) is 0 Å². The molecule has 1 saturated carbocycles. The summed E-state index contributed by atoms with van der Waals surface area (Å²) in [6.45, 7) is 0. The van der Waals surface area contributed by atoms with E-state index in [0.29, 0.717) is 24.3 Å². The molecule has 8 heteroatoms. The molecule has 0 spiro atoms. The molecule has 0 heterocycles. The molecule has 1 aliphatic rings. The lowest BCUT2D eigenvalue weighted by Crippen LogP contribution is -2.39. The fourth-order valence-electron chi connectivity index (χ4n) is 3.07. The van der Waals surface area contributed by atoms with Gasteiger partial charge in [-0.3, -0.25) is 9.59 Å². The highest BCUT2D eigenvalue weighted by Gasteiger charge is 2.48. The number of hydrogen-bond donors (Lipinski definition) is 2. The summed E-state index contributed by atoms with van der Waals surface area (Å²) < 4.78 is 39.4. The number of rotatable bonds is 6. The minimum Gasteiger partial charge on any atom is -0.481 e. The molecule has 2 atom stereocenters. The highest BCUT2D eigenvalue weighted by Crippen LogP contribution is 2.41. The average molecular weight is 375 g/mol. The Labute approximate surface area is 148 Å². The fourth-order valence-corrected chi connectivity index (χ4v) is 3.76. The van der Waals surface area contributed by atoms with Crippen LogP contribution in [0.4, 0.5) is 18.9 Å². The maximum absolute atomic E-state index is 13.1. The van der Waals surface area contributed by atoms with E-state index in [1.54, 1.807) is 24.3 Å². The number of carboxylic acids is 1. The lowest BCUT2D eigenvalue weighted by molar-refractivity contribution is -0.197. The molecule has 0 saturated heterocycles. The van der Waals surface area contributed by atoms with Crippen molar-refractivity contribution in [3.8, 4) is 0 Å². The number of aliphatic carboxylic acids is 1. The van der Waals surface area contributed by atoms with Crippen LogP contribution in [0.3, 0.4) is 0 Å². The Bertz CT molecular complexity index is 621. The van der Waals surface area contributed by atoms with Gasteiger partial charge in [0.1, 0.15) is 0 Å². The van der Waals surface area contributed by atoms with Crippen LogP contribution in [0.25, 0.3) is 0 Å². The van der Waals surface area contributed by atoms with Crippen molar-refractivity contribution < 1.29 is 27.9 Å². The van der Waals surface area contributed by atoms with Crippen LogP contribution in [-0.4, -0.2) is 28.9 Å². The van der Waals surface area contributed by atoms with Gasteiger partial charge in [0.2, 0.25) is 5.91 Å². The zero-order chi connectivity index (χ0) is 18.4. The summed E-state index contributed by atoms with van der Waals surface area (Å²) in [7, 11) is 0. The number of anilines is 1. The van der Waals surface area contributed by atoms with Gasteiger partial charge in [0.05, 0.1) is 11.7 Å². The molecule has 0 radical (unpaired) electrons. The first-order valence-electron chi connectivity index (χ1n) is 8.03. The Morgan fingerprint density at radius 3 is 2.64 bits per heavy atom. The molecule has 25 heavy (non-hydrogen) atoms. The van der Waals surface area contributed by atoms with Crippen LogP contribution < -0.4 is 5.32 Å². The maximum Gasteiger partial charge on any atom is 0.392 e. The molecule has 138 valence electrons. The van der Waals surface area contributed by atoms with Crippen molar-refractivity contribution in [2.24, 2.45) is 11.8 Å². The number of alkyl halides is 3. The molecule has 2 N–H and O–H groups in total. The van der Waals surface area contributed by atoms with Gasteiger partial charge in [0.15, 0.2) is 0 Å². The highest BCUT2D eigenvalue weighted by molar-refractivity contribution is 7.99. The van der Waals surface area contributed by atoms with Gasteiger partial charge in [0, 0.05) is 17.4 Å². The third-order valence-electron chi connectivity index (χ3n) is 4.21. The first-order chi connectivity index (χ1) is 11.8. The van der Waals surface area contributed by atoms with Gasteiger partial charge in [-0.25, -0.2) is 0 Å². The Hall–Kier alpha value is -1.70. The summed E-state index contributed by atoms with van der Waals surface area (Å²) in [6, 6.07) is 6.75. The summed E-state index contributed by atoms with van der Waals surface area (Å²) in [5.41, 5.74) is 1.24. The summed E-state index contributed by atoms with van der Waals surface area (Å²) in [6.07, 6.45) is -3.02. The fraction of sp³-hybridized carbons (Fsp3) is 0.529. The van der Waals surface area contributed by atoms with Crippen molar-refractivity contribution in [3.63, 3.8) is 0 Å². The molecular formula is C17H20F3NO3S. The molecule has 1 aliphatic carbocycles. The maximum atomic E-state index is 13.1. The van der Waals surface area contributed by atoms with E-state index in [1.807, 2.05) is 0 Å². The van der Waals surface area contributed by atoms with Crippen molar-refractivity contribution in [2.75, 3.05) is 11.1 Å². The van der Waals surface area contributed by atoms with Crippen LogP contribution >= 0.6 is 11.8 Å². The quantitative estimate of drug-likeness (QED) is 0.777. The van der Waals surface area contributed by atoms with Gasteiger partial charge in [-0.15, -0.1) is 11.8 Å². The third kappa shape index (κ3) is 5.95. The SMILES string of the molecule is O=C(O)CSCc1cccc(NC(=O)C2CCCCC2C(F)(F)F)c1. The van der Waals surface area contributed by atoms with E-state index in [9.17, 15) is 22.8 Å². The van der Waals surface area contributed by atoms with Crippen molar-refractivity contribution in [2.45, 2.75) is 37.6 Å². The number of halogens is 3. The number of thioether (sulfide) groups is 1. The van der Waals surface area contributed by atoms with Gasteiger partial charge in [-0.1, -0.05) is 25.0 Å². The summed E-state index contributed by atoms with van der Waals surface area (Å²) in [4.78, 5) is 22.9. The van der Waals surface area contributed by atoms with E-state index in [-0.39, 0.29) is 18.6 Å². The van der Waals surface area contributed by atoms with E-state index in [4.69, 9.17) is 5.11 Å². The standard InChI is InChI=1S/C17H20F3NO3S/c18-17(19,20)14-7-2-1-6-13(14)16(24)21-12-5-3-4-11(8-12)9-25-10-15(22)23/h3-5,8,13-14H,1-2,6-7,9-10H2,(H,21,24)(H,22,23). The topological polar surface area (TPSA) is 66.4 Å². The summed E-state index contributed by atoms with van der Waals surface area (Å²) in [5.74, 6) is -3.74. The first kappa shape index (κ1) is 19.6. The Kier molecular flexibility index (Phi) is 6.75. The van der Waals surface area contributed by atoms with Crippen molar-refractivity contribution in [1.29, 1.82) is 0 Å². The van der Waals surface area contributed by atoms with E-state index in [2.05, 4.69) is 5.32 Å². The number of hydrogen-bond acceptors (Lipinski definition) is 3. The number of carboxylic acid groups (broad SMARTS) is 1. The lowest BCUT2D eigenvalue weighted by atomic mass is 9.78.